The molecular formula is C6H13O6P. The van der Waals surface area contributed by atoms with Crippen LogP contribution in [0.1, 0.15) is 0 Å². The topological polar surface area (TPSA) is 96.2 Å². The van der Waals surface area contributed by atoms with E-state index < -0.39 is 20.5 Å². The monoisotopic (exact) mass is 212 g/mol. The molecule has 0 radical (unpaired) electrons. The van der Waals surface area contributed by atoms with Crippen LogP contribution in [0.15, 0.2) is 12.7 Å². The Morgan fingerprint density at radius 2 is 2.08 bits per heavy atom. The summed E-state index contributed by atoms with van der Waals surface area (Å²) in [6.45, 7) is 3.14. The highest BCUT2D eigenvalue weighted by Gasteiger charge is 2.16. The standard InChI is InChI=1S/C6H13O6P/c1-2-3-11-4-6(7)5-12-13(8,9)10/h2,6-7H,1,3-5H2,(H2,8,9,10)/t6-/m1/s1. The highest BCUT2D eigenvalue weighted by molar-refractivity contribution is 7.46. The number of aliphatic hydroxyl groups excluding tert-OH is 1. The normalized spacial score (nSPS) is 14.1. The van der Waals surface area contributed by atoms with Gasteiger partial charge in [0.2, 0.25) is 0 Å². The Labute approximate surface area is 76.0 Å². The van der Waals surface area contributed by atoms with E-state index in [0.717, 1.165) is 0 Å². The molecule has 0 heterocycles. The average molecular weight is 212 g/mol. The first-order valence-electron chi connectivity index (χ1n) is 3.52. The summed E-state index contributed by atoms with van der Waals surface area (Å²) in [5.41, 5.74) is 0. The van der Waals surface area contributed by atoms with Crippen molar-refractivity contribution in [1.29, 1.82) is 0 Å². The third-order valence-corrected chi connectivity index (χ3v) is 1.47. The number of ether oxygens (including phenoxy) is 1. The van der Waals surface area contributed by atoms with E-state index in [2.05, 4.69) is 11.1 Å². The summed E-state index contributed by atoms with van der Waals surface area (Å²) >= 11 is 0. The molecule has 0 aliphatic rings. The van der Waals surface area contributed by atoms with Crippen molar-refractivity contribution in [3.05, 3.63) is 12.7 Å². The number of hydrogen-bond donors (Lipinski definition) is 3. The molecule has 0 fully saturated rings. The van der Waals surface area contributed by atoms with Gasteiger partial charge in [-0.15, -0.1) is 6.58 Å². The predicted molar refractivity (Wildman–Crippen MR) is 45.0 cm³/mol. The van der Waals surface area contributed by atoms with Gasteiger partial charge in [-0.05, 0) is 0 Å². The van der Waals surface area contributed by atoms with Crippen molar-refractivity contribution < 1.29 is 28.7 Å². The van der Waals surface area contributed by atoms with Crippen LogP contribution in [0.2, 0.25) is 0 Å². The Hall–Kier alpha value is -0.230. The van der Waals surface area contributed by atoms with Gasteiger partial charge in [-0.3, -0.25) is 4.52 Å². The molecule has 0 saturated carbocycles. The smallest absolute Gasteiger partial charge is 0.388 e. The van der Waals surface area contributed by atoms with Gasteiger partial charge >= 0.3 is 7.82 Å². The zero-order valence-electron chi connectivity index (χ0n) is 7.00. The molecule has 0 aromatic heterocycles. The van der Waals surface area contributed by atoms with Crippen LogP contribution in [-0.4, -0.2) is 40.8 Å². The number of phosphoric ester groups is 1. The van der Waals surface area contributed by atoms with Crippen molar-refractivity contribution in [1.82, 2.24) is 0 Å². The SMILES string of the molecule is C=CCOC[C@@H](O)COP(=O)(O)O. The van der Waals surface area contributed by atoms with Crippen molar-refractivity contribution in [2.75, 3.05) is 19.8 Å². The number of phosphoric acid groups is 1. The van der Waals surface area contributed by atoms with Crippen LogP contribution in [0.4, 0.5) is 0 Å². The molecule has 1 atom stereocenters. The molecular weight excluding hydrogens is 199 g/mol. The Morgan fingerprint density at radius 1 is 1.46 bits per heavy atom. The largest absolute Gasteiger partial charge is 0.469 e. The summed E-state index contributed by atoms with van der Waals surface area (Å²) in [4.78, 5) is 16.5. The molecule has 0 aromatic carbocycles. The highest BCUT2D eigenvalue weighted by atomic mass is 31.2. The van der Waals surface area contributed by atoms with Gasteiger partial charge in [0.05, 0.1) is 19.8 Å². The minimum Gasteiger partial charge on any atom is -0.388 e. The van der Waals surface area contributed by atoms with Gasteiger partial charge < -0.3 is 19.6 Å². The molecule has 0 aliphatic carbocycles. The molecule has 0 saturated heterocycles. The van der Waals surface area contributed by atoms with Crippen LogP contribution in [0.3, 0.4) is 0 Å². The summed E-state index contributed by atoms with van der Waals surface area (Å²) in [6, 6.07) is 0. The lowest BCUT2D eigenvalue weighted by Gasteiger charge is -2.11. The second-order valence-electron chi connectivity index (χ2n) is 2.27. The van der Waals surface area contributed by atoms with E-state index in [1.165, 1.54) is 6.08 Å². The first kappa shape index (κ1) is 12.8. The molecule has 78 valence electrons. The van der Waals surface area contributed by atoms with Crippen molar-refractivity contribution >= 4 is 7.82 Å². The van der Waals surface area contributed by atoms with Gasteiger partial charge in [0.1, 0.15) is 6.10 Å². The molecule has 0 amide bonds. The molecule has 0 aliphatic heterocycles. The third kappa shape index (κ3) is 9.69. The lowest BCUT2D eigenvalue weighted by Crippen LogP contribution is -2.21. The van der Waals surface area contributed by atoms with Gasteiger partial charge in [0, 0.05) is 0 Å². The van der Waals surface area contributed by atoms with Gasteiger partial charge in [0.15, 0.2) is 0 Å². The fraction of sp³-hybridized carbons (Fsp3) is 0.667. The van der Waals surface area contributed by atoms with Gasteiger partial charge in [-0.25, -0.2) is 4.57 Å². The Morgan fingerprint density at radius 3 is 2.54 bits per heavy atom. The van der Waals surface area contributed by atoms with E-state index in [1.54, 1.807) is 0 Å². The van der Waals surface area contributed by atoms with Crippen molar-refractivity contribution in [3.63, 3.8) is 0 Å². The van der Waals surface area contributed by atoms with E-state index in [4.69, 9.17) is 19.6 Å². The highest BCUT2D eigenvalue weighted by Crippen LogP contribution is 2.35. The van der Waals surface area contributed by atoms with Crippen LogP contribution in [-0.2, 0) is 13.8 Å². The van der Waals surface area contributed by atoms with Crippen LogP contribution in [0, 0.1) is 0 Å². The van der Waals surface area contributed by atoms with Crippen LogP contribution < -0.4 is 0 Å². The molecule has 3 N–H and O–H groups in total. The Bertz CT molecular complexity index is 188. The van der Waals surface area contributed by atoms with E-state index in [-0.39, 0.29) is 13.2 Å². The summed E-state index contributed by atoms with van der Waals surface area (Å²) in [5, 5.41) is 9.01. The molecule has 6 nitrogen and oxygen atoms in total. The average Bonchev–Trinajstić information content (AvgIpc) is 2.00. The zero-order chi connectivity index (χ0) is 10.3. The van der Waals surface area contributed by atoms with Crippen molar-refractivity contribution in [2.45, 2.75) is 6.10 Å². The Kier molecular flexibility index (Phi) is 6.15. The van der Waals surface area contributed by atoms with E-state index >= 15 is 0 Å². The van der Waals surface area contributed by atoms with E-state index in [9.17, 15) is 4.57 Å². The second kappa shape index (κ2) is 6.26. The third-order valence-electron chi connectivity index (χ3n) is 0.981. The maximum atomic E-state index is 10.2. The fourth-order valence-corrected chi connectivity index (χ4v) is 0.885. The van der Waals surface area contributed by atoms with Crippen LogP contribution in [0.5, 0.6) is 0 Å². The molecule has 0 unspecified atom stereocenters. The number of aliphatic hydroxyl groups is 1. The Balaban J connectivity index is 3.45. The maximum Gasteiger partial charge on any atom is 0.469 e. The lowest BCUT2D eigenvalue weighted by atomic mass is 10.4. The molecule has 0 bridgehead atoms. The molecule has 13 heavy (non-hydrogen) atoms. The van der Waals surface area contributed by atoms with Crippen molar-refractivity contribution in [3.8, 4) is 0 Å². The zero-order valence-corrected chi connectivity index (χ0v) is 7.89. The molecule has 0 spiro atoms. The van der Waals surface area contributed by atoms with Crippen molar-refractivity contribution in [2.24, 2.45) is 0 Å². The van der Waals surface area contributed by atoms with Gasteiger partial charge in [-0.1, -0.05) is 6.08 Å². The van der Waals surface area contributed by atoms with Gasteiger partial charge in [0.25, 0.3) is 0 Å². The second-order valence-corrected chi connectivity index (χ2v) is 3.51. The fourth-order valence-electron chi connectivity index (χ4n) is 0.519. The summed E-state index contributed by atoms with van der Waals surface area (Å²) in [7, 11) is -4.49. The van der Waals surface area contributed by atoms with E-state index in [1.807, 2.05) is 0 Å². The summed E-state index contributed by atoms with van der Waals surface area (Å²) in [6.07, 6.45) is 0.448. The summed E-state index contributed by atoms with van der Waals surface area (Å²) < 4.78 is 19.0. The first-order valence-corrected chi connectivity index (χ1v) is 5.05. The maximum absolute atomic E-state index is 10.2. The number of rotatable bonds is 7. The minimum absolute atomic E-state index is 0.0496. The quantitative estimate of drug-likeness (QED) is 0.303. The molecule has 0 rings (SSSR count). The summed E-state index contributed by atoms with van der Waals surface area (Å²) in [5.74, 6) is 0. The minimum atomic E-state index is -4.49. The molecule has 0 aromatic rings. The lowest BCUT2D eigenvalue weighted by molar-refractivity contribution is 0.0140. The number of hydrogen-bond acceptors (Lipinski definition) is 4. The van der Waals surface area contributed by atoms with E-state index in [0.29, 0.717) is 0 Å². The molecule has 7 heteroatoms. The first-order chi connectivity index (χ1) is 5.95. The van der Waals surface area contributed by atoms with Crippen LogP contribution in [0.25, 0.3) is 0 Å². The van der Waals surface area contributed by atoms with Crippen LogP contribution >= 0.6 is 7.82 Å². The predicted octanol–water partition coefficient (Wildman–Crippen LogP) is -0.341. The van der Waals surface area contributed by atoms with Gasteiger partial charge in [-0.2, -0.15) is 0 Å².